The fourth-order valence-corrected chi connectivity index (χ4v) is 3.25. The predicted octanol–water partition coefficient (Wildman–Crippen LogP) is 2.53. The number of carbonyl (C=O) groups is 1. The van der Waals surface area contributed by atoms with E-state index in [-0.39, 0.29) is 11.8 Å². The standard InChI is InChI=1S/C12H17BrN2O2/c1-7-11(13)10(15(2)14-7)6-8-4-3-5-9(8)12(16)17/h8-9H,3-6H2,1-2H3,(H,16,17). The minimum absolute atomic E-state index is 0.183. The van der Waals surface area contributed by atoms with Crippen molar-refractivity contribution in [1.29, 1.82) is 0 Å². The monoisotopic (exact) mass is 300 g/mol. The highest BCUT2D eigenvalue weighted by Crippen LogP contribution is 2.36. The lowest BCUT2D eigenvalue weighted by atomic mass is 9.91. The number of aromatic nitrogens is 2. The van der Waals surface area contributed by atoms with Crippen LogP contribution in [0.15, 0.2) is 4.47 Å². The van der Waals surface area contributed by atoms with E-state index in [0.717, 1.165) is 41.5 Å². The number of carboxylic acid groups (broad SMARTS) is 1. The highest BCUT2D eigenvalue weighted by molar-refractivity contribution is 9.10. The average molecular weight is 301 g/mol. The van der Waals surface area contributed by atoms with Gasteiger partial charge >= 0.3 is 5.97 Å². The molecule has 0 saturated heterocycles. The summed E-state index contributed by atoms with van der Waals surface area (Å²) in [4.78, 5) is 11.1. The van der Waals surface area contributed by atoms with Crippen molar-refractivity contribution < 1.29 is 9.90 Å². The summed E-state index contributed by atoms with van der Waals surface area (Å²) in [5.74, 6) is -0.585. The van der Waals surface area contributed by atoms with E-state index in [4.69, 9.17) is 0 Å². The van der Waals surface area contributed by atoms with Crippen LogP contribution in [0.2, 0.25) is 0 Å². The van der Waals surface area contributed by atoms with Crippen molar-refractivity contribution in [2.75, 3.05) is 0 Å². The molecule has 2 atom stereocenters. The largest absolute Gasteiger partial charge is 0.481 e. The van der Waals surface area contributed by atoms with Gasteiger partial charge in [-0.2, -0.15) is 5.10 Å². The molecule has 1 aromatic heterocycles. The zero-order chi connectivity index (χ0) is 12.6. The van der Waals surface area contributed by atoms with E-state index in [0.29, 0.717) is 0 Å². The minimum Gasteiger partial charge on any atom is -0.481 e. The SMILES string of the molecule is Cc1nn(C)c(CC2CCCC2C(=O)O)c1Br. The topological polar surface area (TPSA) is 55.1 Å². The zero-order valence-corrected chi connectivity index (χ0v) is 11.7. The van der Waals surface area contributed by atoms with Crippen LogP contribution < -0.4 is 0 Å². The van der Waals surface area contributed by atoms with Gasteiger partial charge in [0.2, 0.25) is 0 Å². The van der Waals surface area contributed by atoms with Crippen LogP contribution in [0.5, 0.6) is 0 Å². The Labute approximate surface area is 109 Å². The van der Waals surface area contributed by atoms with E-state index < -0.39 is 5.97 Å². The number of hydrogen-bond acceptors (Lipinski definition) is 2. The first-order chi connectivity index (χ1) is 8.00. The van der Waals surface area contributed by atoms with Crippen LogP contribution in [0.1, 0.15) is 30.7 Å². The van der Waals surface area contributed by atoms with Crippen molar-refractivity contribution in [2.24, 2.45) is 18.9 Å². The molecule has 2 rings (SSSR count). The van der Waals surface area contributed by atoms with Crippen LogP contribution in [0.25, 0.3) is 0 Å². The van der Waals surface area contributed by atoms with Gasteiger partial charge in [-0.05, 0) is 48.0 Å². The minimum atomic E-state index is -0.650. The molecule has 1 aliphatic rings. The quantitative estimate of drug-likeness (QED) is 0.933. The molecule has 0 radical (unpaired) electrons. The first-order valence-corrected chi connectivity index (χ1v) is 6.70. The van der Waals surface area contributed by atoms with E-state index >= 15 is 0 Å². The van der Waals surface area contributed by atoms with E-state index in [1.807, 2.05) is 18.7 Å². The predicted molar refractivity (Wildman–Crippen MR) is 67.8 cm³/mol. The van der Waals surface area contributed by atoms with Crippen molar-refractivity contribution >= 4 is 21.9 Å². The summed E-state index contributed by atoms with van der Waals surface area (Å²) >= 11 is 3.53. The fraction of sp³-hybridized carbons (Fsp3) is 0.667. The summed E-state index contributed by atoms with van der Waals surface area (Å²) in [6.07, 6.45) is 3.65. The van der Waals surface area contributed by atoms with Crippen LogP contribution in [0, 0.1) is 18.8 Å². The Balaban J connectivity index is 2.18. The van der Waals surface area contributed by atoms with Crippen LogP contribution in [0.4, 0.5) is 0 Å². The van der Waals surface area contributed by atoms with Crippen molar-refractivity contribution in [3.05, 3.63) is 15.9 Å². The Hall–Kier alpha value is -0.840. The van der Waals surface area contributed by atoms with E-state index in [1.54, 1.807) is 0 Å². The molecule has 17 heavy (non-hydrogen) atoms. The van der Waals surface area contributed by atoms with Gasteiger partial charge < -0.3 is 5.11 Å². The smallest absolute Gasteiger partial charge is 0.306 e. The normalized spacial score (nSPS) is 24.2. The van der Waals surface area contributed by atoms with Gasteiger partial charge in [-0.15, -0.1) is 0 Å². The Kier molecular flexibility index (Phi) is 3.56. The van der Waals surface area contributed by atoms with Crippen LogP contribution in [-0.2, 0) is 18.3 Å². The molecule has 0 aliphatic heterocycles. The Morgan fingerprint density at radius 1 is 1.59 bits per heavy atom. The van der Waals surface area contributed by atoms with Crippen LogP contribution >= 0.6 is 15.9 Å². The Morgan fingerprint density at radius 3 is 2.82 bits per heavy atom. The molecule has 1 N–H and O–H groups in total. The molecule has 2 unspecified atom stereocenters. The molecule has 1 heterocycles. The summed E-state index contributed by atoms with van der Waals surface area (Å²) in [6, 6.07) is 0. The summed E-state index contributed by atoms with van der Waals surface area (Å²) in [5, 5.41) is 13.5. The Bertz CT molecular complexity index is 442. The van der Waals surface area contributed by atoms with Crippen molar-refractivity contribution in [2.45, 2.75) is 32.6 Å². The summed E-state index contributed by atoms with van der Waals surface area (Å²) < 4.78 is 2.88. The molecular weight excluding hydrogens is 284 g/mol. The van der Waals surface area contributed by atoms with Crippen LogP contribution in [0.3, 0.4) is 0 Å². The first kappa shape index (κ1) is 12.6. The second-order valence-electron chi connectivity index (χ2n) is 4.81. The number of hydrogen-bond donors (Lipinski definition) is 1. The van der Waals surface area contributed by atoms with Gasteiger partial charge in [0.15, 0.2) is 0 Å². The lowest BCUT2D eigenvalue weighted by molar-refractivity contribution is -0.142. The lowest BCUT2D eigenvalue weighted by Crippen LogP contribution is -2.21. The first-order valence-electron chi connectivity index (χ1n) is 5.91. The number of aliphatic carboxylic acids is 1. The molecule has 1 aromatic rings. The maximum atomic E-state index is 11.1. The third-order valence-corrected chi connectivity index (χ3v) is 4.72. The molecule has 1 saturated carbocycles. The maximum absolute atomic E-state index is 11.1. The van der Waals surface area contributed by atoms with Crippen LogP contribution in [-0.4, -0.2) is 20.9 Å². The number of rotatable bonds is 3. The molecule has 0 bridgehead atoms. The van der Waals surface area contributed by atoms with Crippen molar-refractivity contribution in [3.63, 3.8) is 0 Å². The third-order valence-electron chi connectivity index (χ3n) is 3.69. The highest BCUT2D eigenvalue weighted by Gasteiger charge is 2.33. The van der Waals surface area contributed by atoms with E-state index in [1.165, 1.54) is 0 Å². The molecule has 5 heteroatoms. The molecular formula is C12H17BrN2O2. The van der Waals surface area contributed by atoms with E-state index in [2.05, 4.69) is 21.0 Å². The zero-order valence-electron chi connectivity index (χ0n) is 10.1. The number of halogens is 1. The summed E-state index contributed by atoms with van der Waals surface area (Å²) in [6.45, 7) is 1.96. The lowest BCUT2D eigenvalue weighted by Gasteiger charge is -2.15. The number of aryl methyl sites for hydroxylation is 2. The van der Waals surface area contributed by atoms with Crippen molar-refractivity contribution in [3.8, 4) is 0 Å². The second kappa shape index (κ2) is 4.80. The molecule has 94 valence electrons. The van der Waals surface area contributed by atoms with Crippen molar-refractivity contribution in [1.82, 2.24) is 9.78 Å². The maximum Gasteiger partial charge on any atom is 0.306 e. The fourth-order valence-electron chi connectivity index (χ4n) is 2.76. The van der Waals surface area contributed by atoms with Gasteiger partial charge in [0, 0.05) is 7.05 Å². The molecule has 1 fully saturated rings. The van der Waals surface area contributed by atoms with E-state index in [9.17, 15) is 9.90 Å². The molecule has 0 spiro atoms. The molecule has 0 aromatic carbocycles. The Morgan fingerprint density at radius 2 is 2.29 bits per heavy atom. The highest BCUT2D eigenvalue weighted by atomic mass is 79.9. The molecule has 4 nitrogen and oxygen atoms in total. The average Bonchev–Trinajstić information content (AvgIpc) is 2.80. The number of carboxylic acids is 1. The van der Waals surface area contributed by atoms with Gasteiger partial charge in [-0.25, -0.2) is 0 Å². The summed E-state index contributed by atoms with van der Waals surface area (Å²) in [5.41, 5.74) is 2.08. The van der Waals surface area contributed by atoms with Gasteiger partial charge in [-0.1, -0.05) is 6.42 Å². The van der Waals surface area contributed by atoms with Gasteiger partial charge in [0.1, 0.15) is 0 Å². The van der Waals surface area contributed by atoms with Gasteiger partial charge in [-0.3, -0.25) is 9.48 Å². The molecule has 1 aliphatic carbocycles. The van der Waals surface area contributed by atoms with Gasteiger partial charge in [0.25, 0.3) is 0 Å². The number of nitrogens with zero attached hydrogens (tertiary/aromatic N) is 2. The summed E-state index contributed by atoms with van der Waals surface area (Å²) in [7, 11) is 1.91. The molecule has 0 amide bonds. The second-order valence-corrected chi connectivity index (χ2v) is 5.60. The third kappa shape index (κ3) is 2.39. The van der Waals surface area contributed by atoms with Gasteiger partial charge in [0.05, 0.1) is 21.8 Å².